The van der Waals surface area contributed by atoms with Gasteiger partial charge in [-0.25, -0.2) is 0 Å². The second-order valence-electron chi connectivity index (χ2n) is 12.3. The van der Waals surface area contributed by atoms with Gasteiger partial charge in [-0.15, -0.1) is 0 Å². The van der Waals surface area contributed by atoms with Crippen molar-refractivity contribution >= 4 is 54.5 Å². The zero-order valence-corrected chi connectivity index (χ0v) is 25.7. The van der Waals surface area contributed by atoms with E-state index in [-0.39, 0.29) is 0 Å². The van der Waals surface area contributed by atoms with E-state index in [2.05, 4.69) is 99.6 Å². The molecule has 2 rings (SSSR count). The van der Waals surface area contributed by atoms with Crippen LogP contribution in [0.3, 0.4) is 0 Å². The maximum Gasteiger partial charge on any atom is 0.116 e. The van der Waals surface area contributed by atoms with E-state index in [0.717, 1.165) is 9.52 Å². The van der Waals surface area contributed by atoms with Crippen molar-refractivity contribution in [3.05, 3.63) is 33.5 Å². The van der Waals surface area contributed by atoms with E-state index in [0.29, 0.717) is 5.92 Å². The topological polar surface area (TPSA) is 0 Å². The van der Waals surface area contributed by atoms with Crippen LogP contribution in [0, 0.1) is 12.8 Å². The Balaban J connectivity index is 2.88. The fourth-order valence-corrected chi connectivity index (χ4v) is 16.4. The molecule has 1 aromatic carbocycles. The normalized spacial score (nSPS) is 18.9. The van der Waals surface area contributed by atoms with Gasteiger partial charge in [0.05, 0.1) is 24.2 Å². The second kappa shape index (κ2) is 7.92. The second-order valence-corrected chi connectivity index (χ2v) is 28.7. The van der Waals surface area contributed by atoms with E-state index in [1.54, 1.807) is 32.3 Å². The third-order valence-corrected chi connectivity index (χ3v) is 15.3. The maximum atomic E-state index is 2.69. The van der Waals surface area contributed by atoms with Gasteiger partial charge in [-0.1, -0.05) is 115 Å². The highest BCUT2D eigenvalue weighted by atomic mass is 28.3. The van der Waals surface area contributed by atoms with Gasteiger partial charge in [0.15, 0.2) is 0 Å². The first-order chi connectivity index (χ1) is 12.9. The SMILES string of the molecule is CC1=C(C)C(C)C([Si]c2cc([Si](C)(C)C)c(C)c([Si](C)(C)C)c2[Si](C)(C)C)=C1C. The van der Waals surface area contributed by atoms with Gasteiger partial charge in [0.1, 0.15) is 9.52 Å². The molecule has 0 heterocycles. The van der Waals surface area contributed by atoms with Crippen molar-refractivity contribution in [3.8, 4) is 0 Å². The number of hydrogen-bond acceptors (Lipinski definition) is 0. The highest BCUT2D eigenvalue weighted by Crippen LogP contribution is 2.35. The summed E-state index contributed by atoms with van der Waals surface area (Å²) in [7, 11) is -3.51. The lowest BCUT2D eigenvalue weighted by Gasteiger charge is -2.36. The Bertz CT molecular complexity index is 881. The minimum absolute atomic E-state index is 0.606. The van der Waals surface area contributed by atoms with Crippen LogP contribution >= 0.6 is 0 Å². The van der Waals surface area contributed by atoms with Gasteiger partial charge in [0, 0.05) is 0 Å². The third-order valence-electron chi connectivity index (χ3n) is 6.80. The summed E-state index contributed by atoms with van der Waals surface area (Å²) >= 11 is 0. The molecule has 1 aromatic rings. The molecule has 1 unspecified atom stereocenters. The maximum absolute atomic E-state index is 2.69. The average Bonchev–Trinajstić information content (AvgIpc) is 2.70. The van der Waals surface area contributed by atoms with Crippen LogP contribution in [-0.4, -0.2) is 33.7 Å². The number of benzene rings is 1. The fraction of sp³-hybridized carbons (Fsp3) is 0.600. The van der Waals surface area contributed by atoms with E-state index in [1.807, 2.05) is 10.4 Å². The molecule has 1 atom stereocenters. The molecule has 0 spiro atoms. The molecule has 4 heteroatoms. The molecule has 0 amide bonds. The highest BCUT2D eigenvalue weighted by Gasteiger charge is 2.36. The van der Waals surface area contributed by atoms with Gasteiger partial charge in [-0.05, 0) is 39.2 Å². The van der Waals surface area contributed by atoms with E-state index in [1.165, 1.54) is 5.57 Å². The summed E-state index contributed by atoms with van der Waals surface area (Å²) in [6, 6.07) is 2.69. The van der Waals surface area contributed by atoms with Crippen LogP contribution in [0.4, 0.5) is 0 Å². The Morgan fingerprint density at radius 2 is 1.17 bits per heavy atom. The van der Waals surface area contributed by atoms with Crippen LogP contribution in [0.1, 0.15) is 33.3 Å². The van der Waals surface area contributed by atoms with Crippen molar-refractivity contribution in [1.29, 1.82) is 0 Å². The molecular weight excluding hydrogens is 413 g/mol. The molecular formula is C25H44Si4. The minimum atomic E-state index is -1.47. The Hall–Kier alpha value is -0.432. The molecule has 1 aliphatic carbocycles. The van der Waals surface area contributed by atoms with Crippen LogP contribution < -0.4 is 20.7 Å². The molecule has 160 valence electrons. The van der Waals surface area contributed by atoms with Crippen molar-refractivity contribution in [2.24, 2.45) is 5.92 Å². The predicted octanol–water partition coefficient (Wildman–Crippen LogP) is 5.22. The summed E-state index contributed by atoms with van der Waals surface area (Å²) < 4.78 is 0. The summed E-state index contributed by atoms with van der Waals surface area (Å²) in [5.74, 6) is 0.606. The summed E-state index contributed by atoms with van der Waals surface area (Å²) in [5, 5.41) is 8.73. The van der Waals surface area contributed by atoms with E-state index < -0.39 is 24.2 Å². The minimum Gasteiger partial charge on any atom is -0.0695 e. The van der Waals surface area contributed by atoms with Crippen molar-refractivity contribution in [3.63, 3.8) is 0 Å². The van der Waals surface area contributed by atoms with Crippen molar-refractivity contribution < 1.29 is 0 Å². The van der Waals surface area contributed by atoms with E-state index in [9.17, 15) is 0 Å². The van der Waals surface area contributed by atoms with Gasteiger partial charge in [0.25, 0.3) is 0 Å². The summed E-state index contributed by atoms with van der Waals surface area (Å²) in [6.45, 7) is 34.9. The molecule has 0 saturated carbocycles. The molecule has 1 aliphatic rings. The van der Waals surface area contributed by atoms with Gasteiger partial charge in [-0.2, -0.15) is 0 Å². The molecule has 0 aromatic heterocycles. The summed E-state index contributed by atoms with van der Waals surface area (Å²) in [5.41, 5.74) is 6.35. The lowest BCUT2D eigenvalue weighted by molar-refractivity contribution is 0.856. The van der Waals surface area contributed by atoms with Crippen molar-refractivity contribution in [2.45, 2.75) is 93.5 Å². The Morgan fingerprint density at radius 1 is 0.690 bits per heavy atom. The van der Waals surface area contributed by atoms with Gasteiger partial charge < -0.3 is 0 Å². The third kappa shape index (κ3) is 4.75. The van der Waals surface area contributed by atoms with Crippen LogP contribution in [0.2, 0.25) is 58.9 Å². The molecule has 29 heavy (non-hydrogen) atoms. The van der Waals surface area contributed by atoms with E-state index in [4.69, 9.17) is 0 Å². The van der Waals surface area contributed by atoms with Crippen LogP contribution in [0.15, 0.2) is 28.0 Å². The highest BCUT2D eigenvalue weighted by molar-refractivity contribution is 7.02. The van der Waals surface area contributed by atoms with Gasteiger partial charge >= 0.3 is 0 Å². The first kappa shape index (κ1) is 24.8. The molecule has 0 saturated heterocycles. The standard InChI is InChI=1S/C25H44Si4/c1-16-17(2)19(4)23(18(16)3)26-21-15-22(27(6,7)8)20(5)24(28(9,10)11)25(21)29(12,13)14/h15,18H,1-14H3. The van der Waals surface area contributed by atoms with E-state index >= 15 is 0 Å². The van der Waals surface area contributed by atoms with Crippen molar-refractivity contribution in [2.75, 3.05) is 0 Å². The molecule has 0 fully saturated rings. The number of rotatable bonds is 5. The van der Waals surface area contributed by atoms with Crippen LogP contribution in [-0.2, 0) is 0 Å². The molecule has 0 bridgehead atoms. The molecule has 0 nitrogen and oxygen atoms in total. The molecule has 0 N–H and O–H groups in total. The fourth-order valence-electron chi connectivity index (χ4n) is 5.09. The number of allylic oxidation sites excluding steroid dienone is 4. The van der Waals surface area contributed by atoms with Crippen molar-refractivity contribution in [1.82, 2.24) is 0 Å². The Kier molecular flexibility index (Phi) is 6.78. The monoisotopic (exact) mass is 456 g/mol. The van der Waals surface area contributed by atoms with Crippen LogP contribution in [0.5, 0.6) is 0 Å². The number of hydrogen-bond donors (Lipinski definition) is 0. The quantitative estimate of drug-likeness (QED) is 0.533. The lowest BCUT2D eigenvalue weighted by atomic mass is 10.1. The summed E-state index contributed by atoms with van der Waals surface area (Å²) in [6.07, 6.45) is 0. The first-order valence-electron chi connectivity index (χ1n) is 11.2. The zero-order valence-electron chi connectivity index (χ0n) is 21.7. The zero-order chi connectivity index (χ0) is 22.7. The lowest BCUT2D eigenvalue weighted by Crippen LogP contribution is -2.67. The molecule has 0 aliphatic heterocycles. The predicted molar refractivity (Wildman–Crippen MR) is 146 cm³/mol. The van der Waals surface area contributed by atoms with Gasteiger partial charge in [-0.3, -0.25) is 0 Å². The average molecular weight is 457 g/mol. The Morgan fingerprint density at radius 3 is 1.52 bits per heavy atom. The van der Waals surface area contributed by atoms with Gasteiger partial charge in [0.2, 0.25) is 0 Å². The smallest absolute Gasteiger partial charge is 0.0695 e. The van der Waals surface area contributed by atoms with Crippen LogP contribution in [0.25, 0.3) is 0 Å². The summed E-state index contributed by atoms with van der Waals surface area (Å²) in [4.78, 5) is 0. The molecule has 2 radical (unpaired) electrons. The Labute approximate surface area is 187 Å². The largest absolute Gasteiger partial charge is 0.116 e. The first-order valence-corrected chi connectivity index (χ1v) is 22.7.